The number of nitrogens with zero attached hydrogens (tertiary/aromatic N) is 5. The number of fused-ring (bicyclic) bond motifs is 2. The molecule has 5 heterocycles. The molecule has 0 unspecified atom stereocenters. The molecule has 0 spiro atoms. The predicted molar refractivity (Wildman–Crippen MR) is 149 cm³/mol. The Kier molecular flexibility index (Phi) is 6.72. The Morgan fingerprint density at radius 1 is 1.05 bits per heavy atom. The fourth-order valence-electron chi connectivity index (χ4n) is 4.17. The first-order valence-electron chi connectivity index (χ1n) is 12.2. The van der Waals surface area contributed by atoms with Crippen LogP contribution in [-0.2, 0) is 0 Å². The molecule has 5 aromatic heterocycles. The second kappa shape index (κ2) is 10.4. The molecule has 0 atom stereocenters. The molecule has 0 aliphatic rings. The van der Waals surface area contributed by atoms with E-state index in [0.29, 0.717) is 11.5 Å². The molecule has 0 radical (unpaired) electrons. The molecule has 0 fully saturated rings. The summed E-state index contributed by atoms with van der Waals surface area (Å²) in [6, 6.07) is 9.71. The lowest BCUT2D eigenvalue weighted by Gasteiger charge is -2.11. The number of rotatable bonds is 9. The van der Waals surface area contributed by atoms with Crippen LogP contribution in [0.5, 0.6) is 0 Å². The Morgan fingerprint density at radius 3 is 2.68 bits per heavy atom. The molecular formula is C29H28N8. The first kappa shape index (κ1) is 23.9. The number of imidazole rings is 1. The molecule has 0 bridgehead atoms. The molecule has 0 saturated heterocycles. The summed E-state index contributed by atoms with van der Waals surface area (Å²) in [6.07, 6.45) is 13.0. The van der Waals surface area contributed by atoms with E-state index in [9.17, 15) is 0 Å². The minimum Gasteiger partial charge on any atom is -0.359 e. The van der Waals surface area contributed by atoms with E-state index in [0.717, 1.165) is 68.8 Å². The van der Waals surface area contributed by atoms with Crippen molar-refractivity contribution in [3.8, 4) is 22.8 Å². The number of aromatic nitrogens is 7. The lowest BCUT2D eigenvalue weighted by Crippen LogP contribution is -2.10. The zero-order valence-corrected chi connectivity index (χ0v) is 20.9. The second-order valence-corrected chi connectivity index (χ2v) is 8.57. The number of allylic oxidation sites excluding steroid dienone is 5. The fourth-order valence-corrected chi connectivity index (χ4v) is 4.17. The van der Waals surface area contributed by atoms with Crippen molar-refractivity contribution in [2.45, 2.75) is 26.7 Å². The van der Waals surface area contributed by atoms with Gasteiger partial charge in [0.1, 0.15) is 11.0 Å². The van der Waals surface area contributed by atoms with Crippen LogP contribution in [0.15, 0.2) is 91.7 Å². The monoisotopic (exact) mass is 488 g/mol. The first-order chi connectivity index (χ1) is 18.1. The highest BCUT2D eigenvalue weighted by Crippen LogP contribution is 2.30. The average Bonchev–Trinajstić information content (AvgIpc) is 3.55. The summed E-state index contributed by atoms with van der Waals surface area (Å²) < 4.78 is 0. The molecule has 5 aromatic rings. The molecule has 5 rings (SSSR count). The van der Waals surface area contributed by atoms with Crippen molar-refractivity contribution < 1.29 is 0 Å². The number of aromatic amines is 2. The zero-order valence-electron chi connectivity index (χ0n) is 20.9. The van der Waals surface area contributed by atoms with Gasteiger partial charge in [0, 0.05) is 35.5 Å². The lowest BCUT2D eigenvalue weighted by molar-refractivity contribution is 0.829. The molecular weight excluding hydrogens is 460 g/mol. The van der Waals surface area contributed by atoms with E-state index in [2.05, 4.69) is 50.5 Å². The Balaban J connectivity index is 1.55. The summed E-state index contributed by atoms with van der Waals surface area (Å²) in [5.41, 5.74) is 9.05. The van der Waals surface area contributed by atoms with E-state index in [1.807, 2.05) is 49.4 Å². The maximum absolute atomic E-state index is 4.96. The van der Waals surface area contributed by atoms with E-state index in [4.69, 9.17) is 9.97 Å². The van der Waals surface area contributed by atoms with Crippen molar-refractivity contribution >= 4 is 27.6 Å². The maximum atomic E-state index is 4.96. The summed E-state index contributed by atoms with van der Waals surface area (Å²) in [6.45, 7) is 12.2. The molecule has 8 heteroatoms. The summed E-state index contributed by atoms with van der Waals surface area (Å²) in [7, 11) is 0. The fraction of sp³-hybridized carbons (Fsp3) is 0.138. The molecule has 0 aliphatic carbocycles. The van der Waals surface area contributed by atoms with Crippen LogP contribution in [0.2, 0.25) is 0 Å². The van der Waals surface area contributed by atoms with E-state index < -0.39 is 0 Å². The van der Waals surface area contributed by atoms with Crippen molar-refractivity contribution in [2.75, 3.05) is 0 Å². The van der Waals surface area contributed by atoms with Gasteiger partial charge in [0.25, 0.3) is 0 Å². The molecule has 3 N–H and O–H groups in total. The normalized spacial score (nSPS) is 12.3. The third kappa shape index (κ3) is 4.81. The smallest absolute Gasteiger partial charge is 0.161 e. The van der Waals surface area contributed by atoms with Crippen LogP contribution in [0.25, 0.3) is 50.4 Å². The minimum atomic E-state index is 0.617. The summed E-state index contributed by atoms with van der Waals surface area (Å²) in [5, 5.41) is 11.0. The quantitative estimate of drug-likeness (QED) is 0.209. The van der Waals surface area contributed by atoms with Crippen molar-refractivity contribution in [1.82, 2.24) is 40.4 Å². The van der Waals surface area contributed by atoms with E-state index >= 15 is 0 Å². The molecule has 0 amide bonds. The second-order valence-electron chi connectivity index (χ2n) is 8.57. The highest BCUT2D eigenvalue weighted by Gasteiger charge is 2.17. The molecule has 184 valence electrons. The van der Waals surface area contributed by atoms with Crippen LogP contribution in [0.1, 0.15) is 32.4 Å². The standard InChI is InChI=1S/C29H28N8/c1-5-9-18(4)32-21(7-3)16-19(6-2)22-11-12-24-27(33-22)28(37-36-24)29-34-23-13-15-31-25(26(23)35-29)20-10-8-14-30-17-20/h6-8,10-17,32H,3-5,9H2,1-2H3,(H,34,35)(H,36,37)/b19-6+,21-16+. The summed E-state index contributed by atoms with van der Waals surface area (Å²) >= 11 is 0. The molecule has 8 nitrogen and oxygen atoms in total. The van der Waals surface area contributed by atoms with Crippen molar-refractivity contribution in [3.05, 3.63) is 97.4 Å². The lowest BCUT2D eigenvalue weighted by atomic mass is 10.1. The van der Waals surface area contributed by atoms with Crippen molar-refractivity contribution in [2.24, 2.45) is 0 Å². The Hall–Kier alpha value is -4.85. The SMILES string of the molecule is C=C/C(=C\C(=C/C)c1ccc2[nH]nc(-c3nc4c(-c5cccnc5)nccc4[nH]3)c2n1)NC(=C)CCC. The van der Waals surface area contributed by atoms with Crippen LogP contribution < -0.4 is 5.32 Å². The van der Waals surface area contributed by atoms with Gasteiger partial charge in [-0.2, -0.15) is 5.10 Å². The molecule has 0 aliphatic heterocycles. The van der Waals surface area contributed by atoms with Crippen LogP contribution in [0.3, 0.4) is 0 Å². The first-order valence-corrected chi connectivity index (χ1v) is 12.2. The van der Waals surface area contributed by atoms with Gasteiger partial charge in [-0.15, -0.1) is 0 Å². The van der Waals surface area contributed by atoms with Gasteiger partial charge in [0.05, 0.1) is 22.4 Å². The van der Waals surface area contributed by atoms with Crippen LogP contribution in [-0.4, -0.2) is 35.1 Å². The largest absolute Gasteiger partial charge is 0.359 e. The van der Waals surface area contributed by atoms with Gasteiger partial charge >= 0.3 is 0 Å². The summed E-state index contributed by atoms with van der Waals surface area (Å²) in [5.74, 6) is 0.617. The zero-order chi connectivity index (χ0) is 25.8. The van der Waals surface area contributed by atoms with Gasteiger partial charge in [0.2, 0.25) is 0 Å². The van der Waals surface area contributed by atoms with Crippen LogP contribution in [0, 0.1) is 0 Å². The minimum absolute atomic E-state index is 0.617. The van der Waals surface area contributed by atoms with E-state index in [1.54, 1.807) is 24.7 Å². The topological polar surface area (TPSA) is 108 Å². The van der Waals surface area contributed by atoms with Gasteiger partial charge in [-0.1, -0.05) is 32.6 Å². The van der Waals surface area contributed by atoms with Crippen LogP contribution in [0.4, 0.5) is 0 Å². The number of H-pyrrole nitrogens is 2. The van der Waals surface area contributed by atoms with Gasteiger partial charge < -0.3 is 10.3 Å². The van der Waals surface area contributed by atoms with Gasteiger partial charge in [-0.25, -0.2) is 9.97 Å². The molecule has 0 saturated carbocycles. The van der Waals surface area contributed by atoms with Crippen molar-refractivity contribution in [3.63, 3.8) is 0 Å². The van der Waals surface area contributed by atoms with E-state index in [-0.39, 0.29) is 0 Å². The van der Waals surface area contributed by atoms with Gasteiger partial charge in [-0.3, -0.25) is 15.1 Å². The highest BCUT2D eigenvalue weighted by molar-refractivity contribution is 5.95. The third-order valence-electron chi connectivity index (χ3n) is 5.98. The molecule has 37 heavy (non-hydrogen) atoms. The summed E-state index contributed by atoms with van der Waals surface area (Å²) in [4.78, 5) is 22.0. The number of pyridine rings is 3. The number of hydrogen-bond acceptors (Lipinski definition) is 6. The number of hydrogen-bond donors (Lipinski definition) is 3. The van der Waals surface area contributed by atoms with Gasteiger partial charge in [-0.05, 0) is 61.4 Å². The number of nitrogens with one attached hydrogen (secondary N) is 3. The Bertz CT molecular complexity index is 1650. The highest BCUT2D eigenvalue weighted by atomic mass is 15.2. The van der Waals surface area contributed by atoms with Gasteiger partial charge in [0.15, 0.2) is 11.5 Å². The average molecular weight is 489 g/mol. The molecule has 0 aromatic carbocycles. The Morgan fingerprint density at radius 2 is 1.92 bits per heavy atom. The third-order valence-corrected chi connectivity index (χ3v) is 5.98. The Labute approximate surface area is 215 Å². The maximum Gasteiger partial charge on any atom is 0.161 e. The predicted octanol–water partition coefficient (Wildman–Crippen LogP) is 6.33. The van der Waals surface area contributed by atoms with Crippen LogP contribution >= 0.6 is 0 Å². The van der Waals surface area contributed by atoms with Crippen molar-refractivity contribution in [1.29, 1.82) is 0 Å². The van der Waals surface area contributed by atoms with E-state index in [1.165, 1.54) is 0 Å².